The van der Waals surface area contributed by atoms with Crippen molar-refractivity contribution in [2.45, 2.75) is 45.0 Å². The fourth-order valence-electron chi connectivity index (χ4n) is 3.11. The van der Waals surface area contributed by atoms with Crippen LogP contribution in [0.15, 0.2) is 36.4 Å². The molecule has 0 saturated heterocycles. The van der Waals surface area contributed by atoms with E-state index in [4.69, 9.17) is 34.8 Å². The topological polar surface area (TPSA) is 49.4 Å². The summed E-state index contributed by atoms with van der Waals surface area (Å²) in [4.78, 5) is 27.5. The summed E-state index contributed by atoms with van der Waals surface area (Å²) in [6, 6.07) is 8.88. The Kier molecular flexibility index (Phi) is 11.1. The molecular weight excluding hydrogens is 494 g/mol. The molecule has 0 saturated carbocycles. The Morgan fingerprint density at radius 2 is 1.88 bits per heavy atom. The predicted octanol–water partition coefficient (Wildman–Crippen LogP) is 6.35. The summed E-state index contributed by atoms with van der Waals surface area (Å²) in [5.74, 6) is -0.562. The minimum Gasteiger partial charge on any atom is -0.354 e. The van der Waals surface area contributed by atoms with E-state index >= 15 is 0 Å². The first kappa shape index (κ1) is 26.8. The molecule has 0 radical (unpaired) electrons. The van der Waals surface area contributed by atoms with Crippen molar-refractivity contribution in [3.63, 3.8) is 0 Å². The molecule has 0 aliphatic rings. The first-order chi connectivity index (χ1) is 15.3. The van der Waals surface area contributed by atoms with Gasteiger partial charge in [0.05, 0.1) is 5.75 Å². The lowest BCUT2D eigenvalue weighted by atomic mass is 10.1. The maximum atomic E-state index is 14.0. The Bertz CT molecular complexity index is 925. The first-order valence-electron chi connectivity index (χ1n) is 10.3. The van der Waals surface area contributed by atoms with Crippen LogP contribution in [-0.4, -0.2) is 35.1 Å². The van der Waals surface area contributed by atoms with Gasteiger partial charge in [0.25, 0.3) is 0 Å². The normalized spacial score (nSPS) is 11.8. The summed E-state index contributed by atoms with van der Waals surface area (Å²) >= 11 is 19.6. The van der Waals surface area contributed by atoms with E-state index in [1.807, 2.05) is 13.8 Å². The van der Waals surface area contributed by atoms with Crippen LogP contribution >= 0.6 is 46.6 Å². The van der Waals surface area contributed by atoms with Gasteiger partial charge in [-0.1, -0.05) is 60.8 Å². The molecule has 4 nitrogen and oxygen atoms in total. The van der Waals surface area contributed by atoms with Gasteiger partial charge >= 0.3 is 0 Å². The van der Waals surface area contributed by atoms with E-state index in [0.29, 0.717) is 39.2 Å². The average molecular weight is 520 g/mol. The molecule has 2 amide bonds. The van der Waals surface area contributed by atoms with Crippen molar-refractivity contribution in [3.05, 3.63) is 68.4 Å². The van der Waals surface area contributed by atoms with Gasteiger partial charge in [-0.25, -0.2) is 4.39 Å². The molecule has 0 spiro atoms. The van der Waals surface area contributed by atoms with E-state index in [1.54, 1.807) is 24.3 Å². The average Bonchev–Trinajstić information content (AvgIpc) is 2.75. The van der Waals surface area contributed by atoms with Crippen molar-refractivity contribution in [2.24, 2.45) is 0 Å². The van der Waals surface area contributed by atoms with Crippen molar-refractivity contribution < 1.29 is 14.0 Å². The summed E-state index contributed by atoms with van der Waals surface area (Å²) < 4.78 is 14.0. The van der Waals surface area contributed by atoms with E-state index in [-0.39, 0.29) is 29.9 Å². The maximum absolute atomic E-state index is 14.0. The molecular formula is C23H26Cl3FN2O2S. The number of carbonyl (C=O) groups is 2. The quantitative estimate of drug-likeness (QED) is 0.376. The Hall–Kier alpha value is -1.47. The zero-order chi connectivity index (χ0) is 23.7. The number of nitrogens with one attached hydrogen (secondary N) is 1. The van der Waals surface area contributed by atoms with Crippen LogP contribution in [0.1, 0.15) is 37.8 Å². The SMILES string of the molecule is CCCNC(=O)[C@@H](CC)N(Cc1ccc(Cl)cc1Cl)C(=O)CSCc1c(F)cccc1Cl. The highest BCUT2D eigenvalue weighted by Crippen LogP contribution is 2.26. The number of hydrogen-bond donors (Lipinski definition) is 1. The molecule has 0 fully saturated rings. The second-order valence-electron chi connectivity index (χ2n) is 7.17. The number of thioether (sulfide) groups is 1. The number of benzene rings is 2. The smallest absolute Gasteiger partial charge is 0.242 e. The predicted molar refractivity (Wildman–Crippen MR) is 132 cm³/mol. The van der Waals surface area contributed by atoms with Crippen molar-refractivity contribution in [2.75, 3.05) is 12.3 Å². The minimum absolute atomic E-state index is 0.0629. The molecule has 174 valence electrons. The van der Waals surface area contributed by atoms with Crippen molar-refractivity contribution in [1.82, 2.24) is 10.2 Å². The van der Waals surface area contributed by atoms with Crippen LogP contribution in [0.2, 0.25) is 15.1 Å². The molecule has 9 heteroatoms. The number of amides is 2. The van der Waals surface area contributed by atoms with Crippen LogP contribution in [0, 0.1) is 5.82 Å². The van der Waals surface area contributed by atoms with Crippen LogP contribution in [0.25, 0.3) is 0 Å². The van der Waals surface area contributed by atoms with E-state index < -0.39 is 11.9 Å². The summed E-state index contributed by atoms with van der Waals surface area (Å²) in [6.07, 6.45) is 1.23. The highest BCUT2D eigenvalue weighted by molar-refractivity contribution is 7.99. The zero-order valence-corrected chi connectivity index (χ0v) is 21.1. The molecule has 2 aromatic carbocycles. The largest absolute Gasteiger partial charge is 0.354 e. The summed E-state index contributed by atoms with van der Waals surface area (Å²) in [6.45, 7) is 4.50. The fraction of sp³-hybridized carbons (Fsp3) is 0.391. The lowest BCUT2D eigenvalue weighted by Crippen LogP contribution is -2.49. The van der Waals surface area contributed by atoms with E-state index in [0.717, 1.165) is 6.42 Å². The summed E-state index contributed by atoms with van der Waals surface area (Å²) in [5.41, 5.74) is 1.04. The Labute approximate surface area is 207 Å². The van der Waals surface area contributed by atoms with Crippen LogP contribution in [0.3, 0.4) is 0 Å². The van der Waals surface area contributed by atoms with Crippen molar-refractivity contribution >= 4 is 58.4 Å². The van der Waals surface area contributed by atoms with Gasteiger partial charge < -0.3 is 10.2 Å². The van der Waals surface area contributed by atoms with Crippen LogP contribution < -0.4 is 5.32 Å². The highest BCUT2D eigenvalue weighted by Gasteiger charge is 2.29. The van der Waals surface area contributed by atoms with Gasteiger partial charge in [-0.05, 0) is 42.7 Å². The summed E-state index contributed by atoms with van der Waals surface area (Å²) in [7, 11) is 0. The number of nitrogens with zero attached hydrogens (tertiary/aromatic N) is 1. The fourth-order valence-corrected chi connectivity index (χ4v) is 4.83. The van der Waals surface area contributed by atoms with E-state index in [9.17, 15) is 14.0 Å². The maximum Gasteiger partial charge on any atom is 0.242 e. The molecule has 2 rings (SSSR count). The van der Waals surface area contributed by atoms with E-state index in [2.05, 4.69) is 5.32 Å². The van der Waals surface area contributed by atoms with Gasteiger partial charge in [0.15, 0.2) is 0 Å². The van der Waals surface area contributed by atoms with Gasteiger partial charge in [-0.3, -0.25) is 9.59 Å². The molecule has 0 aromatic heterocycles. The summed E-state index contributed by atoms with van der Waals surface area (Å²) in [5, 5.41) is 4.09. The second-order valence-corrected chi connectivity index (χ2v) is 9.40. The van der Waals surface area contributed by atoms with Gasteiger partial charge in [0, 0.05) is 39.5 Å². The van der Waals surface area contributed by atoms with Crippen LogP contribution in [-0.2, 0) is 21.9 Å². The monoisotopic (exact) mass is 518 g/mol. The van der Waals surface area contributed by atoms with E-state index in [1.165, 1.54) is 28.8 Å². The van der Waals surface area contributed by atoms with Crippen LogP contribution in [0.5, 0.6) is 0 Å². The molecule has 32 heavy (non-hydrogen) atoms. The lowest BCUT2D eigenvalue weighted by Gasteiger charge is -2.31. The molecule has 0 unspecified atom stereocenters. The third-order valence-electron chi connectivity index (χ3n) is 4.82. The number of hydrogen-bond acceptors (Lipinski definition) is 3. The van der Waals surface area contributed by atoms with Gasteiger partial charge in [-0.2, -0.15) is 0 Å². The molecule has 2 aromatic rings. The lowest BCUT2D eigenvalue weighted by molar-refractivity contribution is -0.139. The highest BCUT2D eigenvalue weighted by atomic mass is 35.5. The molecule has 0 bridgehead atoms. The molecule has 0 aliphatic heterocycles. The third-order valence-corrected chi connectivity index (χ3v) is 6.71. The second kappa shape index (κ2) is 13.3. The number of rotatable bonds is 11. The Morgan fingerprint density at radius 1 is 1.12 bits per heavy atom. The first-order valence-corrected chi connectivity index (χ1v) is 12.6. The molecule has 1 N–H and O–H groups in total. The zero-order valence-electron chi connectivity index (χ0n) is 18.0. The Morgan fingerprint density at radius 3 is 2.50 bits per heavy atom. The van der Waals surface area contributed by atoms with Crippen LogP contribution in [0.4, 0.5) is 4.39 Å². The molecule has 0 heterocycles. The van der Waals surface area contributed by atoms with Gasteiger partial charge in [0.1, 0.15) is 11.9 Å². The van der Waals surface area contributed by atoms with Crippen molar-refractivity contribution in [3.8, 4) is 0 Å². The third kappa shape index (κ3) is 7.55. The minimum atomic E-state index is -0.654. The number of carbonyl (C=O) groups excluding carboxylic acids is 2. The molecule has 1 atom stereocenters. The standard InChI is InChI=1S/C23H26Cl3FN2O2S/c1-3-10-28-23(31)21(4-2)29(12-15-8-9-16(24)11-19(15)26)22(30)14-32-13-17-18(25)6-5-7-20(17)27/h5-9,11,21H,3-4,10,12-14H2,1-2H3,(H,28,31)/t21-/m1/s1. The molecule has 0 aliphatic carbocycles. The Balaban J connectivity index is 2.19. The number of halogens is 4. The van der Waals surface area contributed by atoms with Gasteiger partial charge in [0.2, 0.25) is 11.8 Å². The van der Waals surface area contributed by atoms with Gasteiger partial charge in [-0.15, -0.1) is 11.8 Å². The van der Waals surface area contributed by atoms with Crippen molar-refractivity contribution in [1.29, 1.82) is 0 Å².